The predicted octanol–water partition coefficient (Wildman–Crippen LogP) is 12.2. The molecule has 8 aromatic carbocycles. The second kappa shape index (κ2) is 24.1. The first-order valence-corrected chi connectivity index (χ1v) is 30.0. The van der Waals surface area contributed by atoms with Gasteiger partial charge in [0, 0.05) is 0 Å². The molecule has 1 aliphatic carbocycles. The van der Waals surface area contributed by atoms with E-state index in [-0.39, 0.29) is 0 Å². The molecule has 0 radical (unpaired) electrons. The Balaban J connectivity index is 1.35. The topological polar surface area (TPSA) is 55.4 Å². The van der Waals surface area contributed by atoms with E-state index in [0.29, 0.717) is 26.4 Å². The van der Waals surface area contributed by atoms with Gasteiger partial charge in [0.05, 0.1) is 26.4 Å². The van der Waals surface area contributed by atoms with Gasteiger partial charge in [-0.1, -0.05) is 284 Å². The van der Waals surface area contributed by atoms with Crippen LogP contribution in [0.3, 0.4) is 0 Å². The number of hydrogen-bond acceptors (Lipinski definition) is 6. The quantitative estimate of drug-likeness (QED) is 0.0709. The van der Waals surface area contributed by atoms with Crippen molar-refractivity contribution in [1.29, 1.82) is 0 Å². The summed E-state index contributed by atoms with van der Waals surface area (Å²) in [6, 6.07) is 85.0. The molecule has 6 atom stereocenters. The molecular formula is C66H72O6Si2. The summed E-state index contributed by atoms with van der Waals surface area (Å²) in [5.41, 5.74) is 4.14. The van der Waals surface area contributed by atoms with Crippen LogP contribution >= 0.6 is 0 Å². The van der Waals surface area contributed by atoms with Crippen molar-refractivity contribution in [3.8, 4) is 0 Å². The lowest BCUT2D eigenvalue weighted by atomic mass is 9.84. The van der Waals surface area contributed by atoms with Gasteiger partial charge in [0.1, 0.15) is 36.6 Å². The molecule has 0 aliphatic heterocycles. The molecule has 0 unspecified atom stereocenters. The average molecular weight is 1020 g/mol. The first-order chi connectivity index (χ1) is 36.0. The van der Waals surface area contributed by atoms with E-state index in [2.05, 4.69) is 260 Å². The van der Waals surface area contributed by atoms with Crippen molar-refractivity contribution < 1.29 is 27.8 Å². The Morgan fingerprint density at radius 2 is 0.432 bits per heavy atom. The van der Waals surface area contributed by atoms with Gasteiger partial charge in [0.15, 0.2) is 0 Å². The zero-order valence-electron chi connectivity index (χ0n) is 43.8. The van der Waals surface area contributed by atoms with Gasteiger partial charge in [-0.15, -0.1) is 0 Å². The standard InChI is InChI=1S/C66H72O6Si2/c1-65(2,3)73(55-39-23-11-24-40-55,56-41-25-12-26-42-56)71-63-61(69-49-53-35-19-9-20-36-53)59(67-47-51-31-15-7-16-32-51)60(68-48-52-33-17-8-18-34-52)62(70-50-54-37-21-10-22-38-54)64(63)72-74(66(4,5)6,57-43-27-13-28-44-57)58-45-29-14-30-46-58/h7-46,59-64H,47-50H2,1-6H3/t59-,60-,61-,62+,63-,64-/m1/s1. The Morgan fingerprint density at radius 1 is 0.257 bits per heavy atom. The third-order valence-electron chi connectivity index (χ3n) is 14.5. The Bertz CT molecular complexity index is 2600. The lowest BCUT2D eigenvalue weighted by molar-refractivity contribution is -0.267. The monoisotopic (exact) mass is 1020 g/mol. The SMILES string of the molecule is CC(C)(C)[Si](O[C@@H]1[C@H](OCc2ccccc2)[C@H](OCc2ccccc2)[C@@H](OCc2ccccc2)[C@H](OCc2ccccc2)[C@H]1O[Si](c1ccccc1)(c1ccccc1)C(C)(C)C)(c1ccccc1)c1ccccc1. The van der Waals surface area contributed by atoms with Gasteiger partial charge in [-0.05, 0) is 53.1 Å². The van der Waals surface area contributed by atoms with Gasteiger partial charge < -0.3 is 27.8 Å². The summed E-state index contributed by atoms with van der Waals surface area (Å²) in [5.74, 6) is 0. The van der Waals surface area contributed by atoms with E-state index in [1.807, 2.05) is 24.3 Å². The third kappa shape index (κ3) is 11.7. The fourth-order valence-electron chi connectivity index (χ4n) is 11.0. The molecule has 0 spiro atoms. The van der Waals surface area contributed by atoms with Crippen LogP contribution in [0.4, 0.5) is 0 Å². The molecule has 9 rings (SSSR count). The van der Waals surface area contributed by atoms with Crippen molar-refractivity contribution in [3.63, 3.8) is 0 Å². The van der Waals surface area contributed by atoms with Crippen molar-refractivity contribution in [1.82, 2.24) is 0 Å². The average Bonchev–Trinajstić information content (AvgIpc) is 3.43. The van der Waals surface area contributed by atoms with E-state index in [4.69, 9.17) is 27.8 Å². The summed E-state index contributed by atoms with van der Waals surface area (Å²) in [6.07, 6.45) is -4.51. The number of rotatable bonds is 20. The minimum atomic E-state index is -3.43. The molecule has 74 heavy (non-hydrogen) atoms. The van der Waals surface area contributed by atoms with Crippen molar-refractivity contribution >= 4 is 37.4 Å². The van der Waals surface area contributed by atoms with Crippen LogP contribution in [0.2, 0.25) is 10.1 Å². The summed E-state index contributed by atoms with van der Waals surface area (Å²) in [6.45, 7) is 15.2. The van der Waals surface area contributed by atoms with Crippen molar-refractivity contribution in [3.05, 3.63) is 265 Å². The highest BCUT2D eigenvalue weighted by Crippen LogP contribution is 2.46. The minimum Gasteiger partial charge on any atom is -0.399 e. The van der Waals surface area contributed by atoms with Crippen LogP contribution in [0.25, 0.3) is 0 Å². The van der Waals surface area contributed by atoms with Crippen molar-refractivity contribution in [2.24, 2.45) is 0 Å². The normalized spacial score (nSPS) is 19.5. The zero-order chi connectivity index (χ0) is 51.4. The van der Waals surface area contributed by atoms with Crippen LogP contribution in [0.1, 0.15) is 63.8 Å². The van der Waals surface area contributed by atoms with Gasteiger partial charge >= 0.3 is 0 Å². The van der Waals surface area contributed by atoms with Crippen LogP contribution in [0.15, 0.2) is 243 Å². The predicted molar refractivity (Wildman–Crippen MR) is 305 cm³/mol. The fraction of sp³-hybridized carbons (Fsp3) is 0.273. The van der Waals surface area contributed by atoms with Crippen LogP contribution < -0.4 is 20.7 Å². The van der Waals surface area contributed by atoms with Gasteiger partial charge in [-0.3, -0.25) is 0 Å². The third-order valence-corrected chi connectivity index (χ3v) is 24.6. The Morgan fingerprint density at radius 3 is 0.622 bits per heavy atom. The maximum Gasteiger partial charge on any atom is 0.261 e. The maximum absolute atomic E-state index is 8.63. The molecule has 1 saturated carbocycles. The Labute approximate surface area is 442 Å². The van der Waals surface area contributed by atoms with Crippen molar-refractivity contribution in [2.45, 2.75) is 115 Å². The minimum absolute atomic E-state index is 0.296. The molecule has 0 bridgehead atoms. The summed E-state index contributed by atoms with van der Waals surface area (Å²) in [7, 11) is -6.86. The molecule has 1 fully saturated rings. The van der Waals surface area contributed by atoms with E-state index < -0.39 is 63.3 Å². The molecule has 0 aromatic heterocycles. The number of benzene rings is 8. The lowest BCUT2D eigenvalue weighted by Crippen LogP contribution is -2.77. The highest BCUT2D eigenvalue weighted by Gasteiger charge is 2.63. The molecule has 0 amide bonds. The summed E-state index contributed by atoms with van der Waals surface area (Å²) >= 11 is 0. The highest BCUT2D eigenvalue weighted by atomic mass is 28.4. The van der Waals surface area contributed by atoms with Crippen LogP contribution in [0.5, 0.6) is 0 Å². The lowest BCUT2D eigenvalue weighted by Gasteiger charge is -2.56. The molecule has 1 aliphatic rings. The Hall–Kier alpha value is -6.05. The van der Waals surface area contributed by atoms with Crippen LogP contribution in [-0.2, 0) is 54.2 Å². The van der Waals surface area contributed by atoms with Gasteiger partial charge in [-0.2, -0.15) is 0 Å². The maximum atomic E-state index is 8.63. The Kier molecular flexibility index (Phi) is 17.2. The second-order valence-electron chi connectivity index (χ2n) is 21.5. The fourth-order valence-corrected chi connectivity index (χ4v) is 20.4. The molecule has 380 valence electrons. The molecule has 0 N–H and O–H groups in total. The molecule has 8 heteroatoms. The first-order valence-electron chi connectivity index (χ1n) is 26.2. The van der Waals surface area contributed by atoms with E-state index in [0.717, 1.165) is 43.0 Å². The molecule has 0 heterocycles. The summed E-state index contributed by atoms with van der Waals surface area (Å²) in [5, 5.41) is 3.77. The molecule has 6 nitrogen and oxygen atoms in total. The van der Waals surface area contributed by atoms with E-state index in [1.165, 1.54) is 0 Å². The molecule has 8 aromatic rings. The molecule has 0 saturated heterocycles. The van der Waals surface area contributed by atoms with Gasteiger partial charge in [0.25, 0.3) is 16.6 Å². The highest BCUT2D eigenvalue weighted by molar-refractivity contribution is 7.00. The van der Waals surface area contributed by atoms with Crippen LogP contribution in [0, 0.1) is 0 Å². The van der Waals surface area contributed by atoms with Gasteiger partial charge in [0.2, 0.25) is 0 Å². The first kappa shape index (κ1) is 52.8. The summed E-state index contributed by atoms with van der Waals surface area (Å²) in [4.78, 5) is 0. The second-order valence-corrected chi connectivity index (χ2v) is 30.0. The largest absolute Gasteiger partial charge is 0.399 e. The number of ether oxygens (including phenoxy) is 4. The van der Waals surface area contributed by atoms with Crippen LogP contribution in [-0.4, -0.2) is 53.3 Å². The van der Waals surface area contributed by atoms with E-state index in [9.17, 15) is 0 Å². The van der Waals surface area contributed by atoms with E-state index >= 15 is 0 Å². The zero-order valence-corrected chi connectivity index (χ0v) is 45.8. The van der Waals surface area contributed by atoms with Gasteiger partial charge in [-0.25, -0.2) is 0 Å². The summed E-state index contributed by atoms with van der Waals surface area (Å²) < 4.78 is 47.4. The smallest absolute Gasteiger partial charge is 0.261 e. The number of hydrogen-bond donors (Lipinski definition) is 0. The molecular weight excluding hydrogens is 945 g/mol. The van der Waals surface area contributed by atoms with E-state index in [1.54, 1.807) is 0 Å². The van der Waals surface area contributed by atoms with Crippen molar-refractivity contribution in [2.75, 3.05) is 0 Å².